The number of thiocarbonyl (C=S) groups is 1. The fraction of sp³-hybridized carbons (Fsp3) is 0.833. The Morgan fingerprint density at radius 3 is 2.08 bits per heavy atom. The molecule has 1 rings (SSSR count). The van der Waals surface area contributed by atoms with Gasteiger partial charge in [0, 0.05) is 5.70 Å². The largest absolute Gasteiger partial charge is 0.471 e. The number of hydrogen-bond donors (Lipinski definition) is 1. The Balaban J connectivity index is 1.86. The van der Waals surface area contributed by atoms with Crippen LogP contribution in [-0.2, 0) is 14.6 Å². The minimum Gasteiger partial charge on any atom is -0.471 e. The van der Waals surface area contributed by atoms with Gasteiger partial charge in [0.05, 0.1) is 18.1 Å². The van der Waals surface area contributed by atoms with Crippen LogP contribution in [0.4, 0.5) is 0 Å². The van der Waals surface area contributed by atoms with Gasteiger partial charge in [-0.05, 0) is 24.7 Å². The van der Waals surface area contributed by atoms with Crippen molar-refractivity contribution in [2.45, 2.75) is 77.6 Å². The van der Waals surface area contributed by atoms with Crippen molar-refractivity contribution in [1.29, 1.82) is 0 Å². The lowest BCUT2D eigenvalue weighted by molar-refractivity contribution is 0.289. The van der Waals surface area contributed by atoms with Crippen molar-refractivity contribution in [3.63, 3.8) is 0 Å². The van der Waals surface area contributed by atoms with Crippen LogP contribution in [0.3, 0.4) is 0 Å². The molecule has 0 bridgehead atoms. The van der Waals surface area contributed by atoms with Gasteiger partial charge in [0.1, 0.15) is 0 Å². The molecule has 0 spiro atoms. The summed E-state index contributed by atoms with van der Waals surface area (Å²) in [6, 6.07) is 0. The summed E-state index contributed by atoms with van der Waals surface area (Å²) in [6.45, 7) is 2.85. The quantitative estimate of drug-likeness (QED) is 0.379. The van der Waals surface area contributed by atoms with E-state index >= 15 is 0 Å². The molecule has 0 fully saturated rings. The Hall–Kier alpha value is -0.620. The van der Waals surface area contributed by atoms with Crippen LogP contribution in [0.5, 0.6) is 0 Å². The molecule has 0 saturated carbocycles. The second-order valence-corrected chi connectivity index (χ2v) is 9.06. The van der Waals surface area contributed by atoms with E-state index in [9.17, 15) is 8.42 Å². The summed E-state index contributed by atoms with van der Waals surface area (Å²) in [4.78, 5) is 0. The highest BCUT2D eigenvalue weighted by molar-refractivity contribution is 7.92. The average Bonchev–Trinajstić information content (AvgIpc) is 2.87. The first kappa shape index (κ1) is 21.4. The molecule has 0 radical (unpaired) electrons. The van der Waals surface area contributed by atoms with Crippen LogP contribution in [0.15, 0.2) is 11.8 Å². The highest BCUT2D eigenvalue weighted by Crippen LogP contribution is 2.11. The lowest BCUT2D eigenvalue weighted by atomic mass is 10.1. The van der Waals surface area contributed by atoms with E-state index in [1.165, 1.54) is 57.8 Å². The van der Waals surface area contributed by atoms with E-state index in [0.717, 1.165) is 12.8 Å². The molecular weight excluding hydrogens is 342 g/mol. The number of rotatable bonds is 13. The fourth-order valence-electron chi connectivity index (χ4n) is 2.77. The first-order valence-corrected chi connectivity index (χ1v) is 11.6. The molecule has 0 amide bonds. The zero-order chi connectivity index (χ0) is 17.7. The molecule has 0 saturated heterocycles. The molecule has 0 atom stereocenters. The molecule has 140 valence electrons. The maximum Gasteiger partial charge on any atom is 0.260 e. The Bertz CT molecular complexity index is 486. The second-order valence-electron chi connectivity index (χ2n) is 6.58. The summed E-state index contributed by atoms with van der Waals surface area (Å²) < 4.78 is 28.1. The molecule has 0 aromatic carbocycles. The third kappa shape index (κ3) is 11.0. The van der Waals surface area contributed by atoms with Gasteiger partial charge in [-0.2, -0.15) is 0 Å². The molecule has 6 heteroatoms. The van der Waals surface area contributed by atoms with Crippen molar-refractivity contribution in [1.82, 2.24) is 5.32 Å². The second kappa shape index (κ2) is 12.7. The van der Waals surface area contributed by atoms with Gasteiger partial charge in [-0.25, -0.2) is 8.42 Å². The minimum atomic E-state index is -2.96. The van der Waals surface area contributed by atoms with Crippen LogP contribution < -0.4 is 5.32 Å². The zero-order valence-corrected chi connectivity index (χ0v) is 16.7. The fourth-order valence-corrected chi connectivity index (χ4v) is 4.22. The SMILES string of the molecule is CCCCCCCCCCCCCOC(=S)NC1=CCS(=O)(=O)C1. The molecule has 0 unspecified atom stereocenters. The minimum absolute atomic E-state index is 0.0367. The first-order chi connectivity index (χ1) is 11.5. The summed E-state index contributed by atoms with van der Waals surface area (Å²) in [5.74, 6) is 0.130. The zero-order valence-electron chi connectivity index (χ0n) is 15.0. The predicted molar refractivity (Wildman–Crippen MR) is 105 cm³/mol. The molecule has 1 N–H and O–H groups in total. The number of unbranched alkanes of at least 4 members (excludes halogenated alkanes) is 10. The summed E-state index contributed by atoms with van der Waals surface area (Å²) in [5, 5.41) is 3.15. The van der Waals surface area contributed by atoms with Gasteiger partial charge in [-0.1, -0.05) is 71.1 Å². The molecular formula is C18H33NO3S2. The van der Waals surface area contributed by atoms with Crippen molar-refractivity contribution < 1.29 is 13.2 Å². The van der Waals surface area contributed by atoms with Crippen molar-refractivity contribution in [3.05, 3.63) is 11.8 Å². The van der Waals surface area contributed by atoms with Crippen LogP contribution in [0.2, 0.25) is 0 Å². The van der Waals surface area contributed by atoms with Crippen molar-refractivity contribution >= 4 is 27.2 Å². The highest BCUT2D eigenvalue weighted by Gasteiger charge is 2.20. The molecule has 24 heavy (non-hydrogen) atoms. The summed E-state index contributed by atoms with van der Waals surface area (Å²) in [7, 11) is -2.96. The van der Waals surface area contributed by atoms with E-state index in [0.29, 0.717) is 12.3 Å². The van der Waals surface area contributed by atoms with Crippen LogP contribution in [0.25, 0.3) is 0 Å². The van der Waals surface area contributed by atoms with Gasteiger partial charge in [-0.3, -0.25) is 0 Å². The molecule has 4 nitrogen and oxygen atoms in total. The lowest BCUT2D eigenvalue weighted by Gasteiger charge is -2.10. The van der Waals surface area contributed by atoms with Gasteiger partial charge in [0.25, 0.3) is 5.17 Å². The Morgan fingerprint density at radius 2 is 1.58 bits per heavy atom. The Labute approximate surface area is 153 Å². The van der Waals surface area contributed by atoms with Gasteiger partial charge in [-0.15, -0.1) is 0 Å². The van der Waals surface area contributed by atoms with E-state index in [-0.39, 0.29) is 16.7 Å². The number of hydrogen-bond acceptors (Lipinski definition) is 4. The molecule has 1 aliphatic rings. The smallest absolute Gasteiger partial charge is 0.260 e. The van der Waals surface area contributed by atoms with E-state index in [1.54, 1.807) is 6.08 Å². The van der Waals surface area contributed by atoms with Gasteiger partial charge in [0.15, 0.2) is 9.84 Å². The number of nitrogens with one attached hydrogen (secondary N) is 1. The van der Waals surface area contributed by atoms with Crippen LogP contribution >= 0.6 is 12.2 Å². The molecule has 1 aliphatic heterocycles. The standard InChI is InChI=1S/C18H33NO3S2/c1-2-3-4-5-6-7-8-9-10-11-12-14-22-18(23)19-17-13-15-24(20,21)16-17/h13H,2-12,14-16H2,1H3,(H,19,23). The van der Waals surface area contributed by atoms with Gasteiger partial charge < -0.3 is 10.1 Å². The maximum atomic E-state index is 11.3. The average molecular weight is 376 g/mol. The molecule has 0 aliphatic carbocycles. The van der Waals surface area contributed by atoms with Crippen molar-refractivity contribution in [3.8, 4) is 0 Å². The molecule has 0 aromatic heterocycles. The van der Waals surface area contributed by atoms with E-state index < -0.39 is 9.84 Å². The van der Waals surface area contributed by atoms with Crippen LogP contribution in [-0.4, -0.2) is 31.7 Å². The summed E-state index contributed by atoms with van der Waals surface area (Å²) in [5.41, 5.74) is 0.638. The Morgan fingerprint density at radius 1 is 1.04 bits per heavy atom. The third-order valence-electron chi connectivity index (χ3n) is 4.20. The van der Waals surface area contributed by atoms with Crippen molar-refractivity contribution in [2.24, 2.45) is 0 Å². The monoisotopic (exact) mass is 375 g/mol. The van der Waals surface area contributed by atoms with Gasteiger partial charge in [0.2, 0.25) is 0 Å². The summed E-state index contributed by atoms with van der Waals surface area (Å²) in [6.07, 6.45) is 16.0. The predicted octanol–water partition coefficient (Wildman–Crippen LogP) is 4.50. The van der Waals surface area contributed by atoms with E-state index in [4.69, 9.17) is 17.0 Å². The molecule has 0 aromatic rings. The van der Waals surface area contributed by atoms with Crippen molar-refractivity contribution in [2.75, 3.05) is 18.1 Å². The number of ether oxygens (including phenoxy) is 1. The first-order valence-electron chi connectivity index (χ1n) is 9.37. The summed E-state index contributed by atoms with van der Waals surface area (Å²) >= 11 is 5.08. The number of sulfone groups is 1. The highest BCUT2D eigenvalue weighted by atomic mass is 32.2. The topological polar surface area (TPSA) is 55.4 Å². The lowest BCUT2D eigenvalue weighted by Crippen LogP contribution is -2.25. The van der Waals surface area contributed by atoms with Gasteiger partial charge >= 0.3 is 0 Å². The normalized spacial score (nSPS) is 16.0. The Kier molecular flexibility index (Phi) is 11.3. The maximum absolute atomic E-state index is 11.3. The van der Waals surface area contributed by atoms with E-state index in [2.05, 4.69) is 12.2 Å². The van der Waals surface area contributed by atoms with Crippen LogP contribution in [0.1, 0.15) is 77.6 Å². The third-order valence-corrected chi connectivity index (χ3v) is 5.85. The van der Waals surface area contributed by atoms with Crippen LogP contribution in [0, 0.1) is 0 Å². The molecule has 1 heterocycles. The van der Waals surface area contributed by atoms with E-state index in [1.807, 2.05) is 0 Å².